The van der Waals surface area contributed by atoms with Gasteiger partial charge in [0, 0.05) is 18.5 Å². The molecular weight excluding hydrogens is 319 g/mol. The Morgan fingerprint density at radius 3 is 3.00 bits per heavy atom. The Balaban J connectivity index is 1.48. The van der Waals surface area contributed by atoms with Crippen LogP contribution >= 0.6 is 11.3 Å². The van der Waals surface area contributed by atoms with E-state index in [0.29, 0.717) is 23.0 Å². The molecule has 1 N–H and O–H groups in total. The van der Waals surface area contributed by atoms with Crippen molar-refractivity contribution in [2.45, 2.75) is 25.6 Å². The average Bonchev–Trinajstić information content (AvgIpc) is 3.24. The van der Waals surface area contributed by atoms with Crippen molar-refractivity contribution in [2.24, 2.45) is 0 Å². The van der Waals surface area contributed by atoms with E-state index in [-0.39, 0.29) is 24.4 Å². The van der Waals surface area contributed by atoms with E-state index in [9.17, 15) is 9.18 Å². The van der Waals surface area contributed by atoms with Crippen LogP contribution in [0.4, 0.5) is 4.39 Å². The molecule has 1 fully saturated rings. The normalized spacial score (nSPS) is 17.2. The molecule has 1 atom stereocenters. The van der Waals surface area contributed by atoms with Gasteiger partial charge in [-0.25, -0.2) is 9.37 Å². The third-order valence-corrected chi connectivity index (χ3v) is 4.30. The topological polar surface area (TPSA) is 60.5 Å². The largest absolute Gasteiger partial charge is 0.486 e. The summed E-state index contributed by atoms with van der Waals surface area (Å²) in [6, 6.07) is 5.78. The van der Waals surface area contributed by atoms with Crippen molar-refractivity contribution in [3.63, 3.8) is 0 Å². The Morgan fingerprint density at radius 2 is 2.26 bits per heavy atom. The van der Waals surface area contributed by atoms with Gasteiger partial charge in [-0.05, 0) is 37.1 Å². The van der Waals surface area contributed by atoms with Crippen LogP contribution in [0, 0.1) is 5.82 Å². The van der Waals surface area contributed by atoms with Crippen LogP contribution in [-0.4, -0.2) is 30.1 Å². The summed E-state index contributed by atoms with van der Waals surface area (Å²) in [7, 11) is 0. The summed E-state index contributed by atoms with van der Waals surface area (Å²) < 4.78 is 23.8. The highest BCUT2D eigenvalue weighted by Crippen LogP contribution is 2.16. The molecule has 2 aromatic rings. The fourth-order valence-corrected chi connectivity index (χ4v) is 2.95. The number of carbonyl (C=O) groups is 1. The summed E-state index contributed by atoms with van der Waals surface area (Å²) in [4.78, 5) is 16.3. The minimum atomic E-state index is -0.309. The average molecular weight is 336 g/mol. The number of ether oxygens (including phenoxy) is 2. The second kappa shape index (κ2) is 7.52. The number of amides is 1. The number of hydrogen-bond acceptors (Lipinski definition) is 5. The van der Waals surface area contributed by atoms with Crippen LogP contribution in [0.15, 0.2) is 29.6 Å². The number of aromatic nitrogens is 1. The van der Waals surface area contributed by atoms with Gasteiger partial charge in [0.1, 0.15) is 28.9 Å². The third-order valence-electron chi connectivity index (χ3n) is 3.47. The van der Waals surface area contributed by atoms with Gasteiger partial charge in [0.2, 0.25) is 0 Å². The lowest BCUT2D eigenvalue weighted by Gasteiger charge is -2.09. The van der Waals surface area contributed by atoms with Crippen molar-refractivity contribution in [2.75, 3.05) is 13.2 Å². The van der Waals surface area contributed by atoms with Crippen LogP contribution < -0.4 is 10.1 Å². The van der Waals surface area contributed by atoms with Crippen LogP contribution in [0.2, 0.25) is 0 Å². The Morgan fingerprint density at radius 1 is 1.43 bits per heavy atom. The number of nitrogens with one attached hydrogen (secondary N) is 1. The number of hydrogen-bond donors (Lipinski definition) is 1. The van der Waals surface area contributed by atoms with Crippen LogP contribution in [0.3, 0.4) is 0 Å². The molecule has 1 saturated heterocycles. The molecule has 1 unspecified atom stereocenters. The van der Waals surface area contributed by atoms with Crippen molar-refractivity contribution < 1.29 is 18.7 Å². The minimum absolute atomic E-state index is 0.110. The summed E-state index contributed by atoms with van der Waals surface area (Å²) in [5.74, 6) is 0.0487. The van der Waals surface area contributed by atoms with Gasteiger partial charge < -0.3 is 14.8 Å². The van der Waals surface area contributed by atoms with Gasteiger partial charge >= 0.3 is 0 Å². The predicted octanol–water partition coefficient (Wildman–Crippen LogP) is 2.77. The van der Waals surface area contributed by atoms with E-state index in [0.717, 1.165) is 19.4 Å². The standard InChI is InChI=1S/C16H17FN2O3S/c17-11-3-5-12(6-4-11)22-9-15-19-14(10-23-15)16(20)18-8-13-2-1-7-21-13/h3-6,10,13H,1-2,7-9H2,(H,18,20). The number of nitrogens with zero attached hydrogens (tertiary/aromatic N) is 1. The first-order valence-corrected chi connectivity index (χ1v) is 8.31. The third kappa shape index (κ3) is 4.49. The SMILES string of the molecule is O=C(NCC1CCCO1)c1csc(COc2ccc(F)cc2)n1. The highest BCUT2D eigenvalue weighted by Gasteiger charge is 2.17. The molecule has 1 aromatic heterocycles. The number of thiazole rings is 1. The van der Waals surface area contributed by atoms with Crippen molar-refractivity contribution in [3.8, 4) is 5.75 Å². The molecule has 5 nitrogen and oxygen atoms in total. The molecule has 7 heteroatoms. The maximum atomic E-state index is 12.8. The Hall–Kier alpha value is -1.99. The van der Waals surface area contributed by atoms with Crippen LogP contribution in [0.1, 0.15) is 28.3 Å². The highest BCUT2D eigenvalue weighted by atomic mass is 32.1. The van der Waals surface area contributed by atoms with Crippen molar-refractivity contribution >= 4 is 17.2 Å². The second-order valence-corrected chi connectivity index (χ2v) is 6.16. The maximum Gasteiger partial charge on any atom is 0.270 e. The molecular formula is C16H17FN2O3S. The molecule has 0 aliphatic carbocycles. The Kier molecular flexibility index (Phi) is 5.19. The Bertz CT molecular complexity index is 654. The lowest BCUT2D eigenvalue weighted by Crippen LogP contribution is -2.31. The fourth-order valence-electron chi connectivity index (χ4n) is 2.26. The second-order valence-electron chi connectivity index (χ2n) is 5.21. The van der Waals surface area contributed by atoms with E-state index >= 15 is 0 Å². The lowest BCUT2D eigenvalue weighted by molar-refractivity contribution is 0.0854. The number of benzene rings is 1. The molecule has 1 aliphatic rings. The van der Waals surface area contributed by atoms with E-state index in [1.807, 2.05) is 0 Å². The maximum absolute atomic E-state index is 12.8. The zero-order valence-corrected chi connectivity index (χ0v) is 13.3. The van der Waals surface area contributed by atoms with Crippen molar-refractivity contribution in [3.05, 3.63) is 46.2 Å². The van der Waals surface area contributed by atoms with Gasteiger partial charge in [0.05, 0.1) is 6.10 Å². The fraction of sp³-hybridized carbons (Fsp3) is 0.375. The molecule has 23 heavy (non-hydrogen) atoms. The van der Waals surface area contributed by atoms with Crippen LogP contribution in [0.25, 0.3) is 0 Å². The molecule has 122 valence electrons. The predicted molar refractivity (Wildman–Crippen MR) is 84.2 cm³/mol. The van der Waals surface area contributed by atoms with Crippen LogP contribution in [0.5, 0.6) is 5.75 Å². The molecule has 1 aromatic carbocycles. The first-order chi connectivity index (χ1) is 11.2. The van der Waals surface area contributed by atoms with E-state index in [1.165, 1.54) is 23.5 Å². The minimum Gasteiger partial charge on any atom is -0.486 e. The molecule has 1 aliphatic heterocycles. The van der Waals surface area contributed by atoms with E-state index in [4.69, 9.17) is 9.47 Å². The van der Waals surface area contributed by atoms with E-state index in [1.54, 1.807) is 17.5 Å². The first kappa shape index (κ1) is 15.9. The van der Waals surface area contributed by atoms with Gasteiger partial charge in [0.25, 0.3) is 5.91 Å². The van der Waals surface area contributed by atoms with E-state index < -0.39 is 0 Å². The highest BCUT2D eigenvalue weighted by molar-refractivity contribution is 7.09. The summed E-state index contributed by atoms with van der Waals surface area (Å²) in [5.41, 5.74) is 0.380. The molecule has 0 radical (unpaired) electrons. The van der Waals surface area contributed by atoms with Crippen LogP contribution in [-0.2, 0) is 11.3 Å². The molecule has 0 saturated carbocycles. The monoisotopic (exact) mass is 336 g/mol. The molecule has 1 amide bonds. The zero-order valence-electron chi connectivity index (χ0n) is 12.5. The number of carbonyl (C=O) groups excluding carboxylic acids is 1. The molecule has 0 bridgehead atoms. The molecule has 2 heterocycles. The molecule has 3 rings (SSSR count). The molecule has 0 spiro atoms. The summed E-state index contributed by atoms with van der Waals surface area (Å²) in [6.45, 7) is 1.52. The summed E-state index contributed by atoms with van der Waals surface area (Å²) in [6.07, 6.45) is 2.13. The van der Waals surface area contributed by atoms with Gasteiger partial charge in [-0.2, -0.15) is 0 Å². The number of rotatable bonds is 6. The van der Waals surface area contributed by atoms with Gasteiger partial charge in [-0.15, -0.1) is 11.3 Å². The summed E-state index contributed by atoms with van der Waals surface area (Å²) in [5, 5.41) is 5.23. The lowest BCUT2D eigenvalue weighted by atomic mass is 10.2. The number of halogens is 1. The van der Waals surface area contributed by atoms with Gasteiger partial charge in [0.15, 0.2) is 0 Å². The zero-order chi connectivity index (χ0) is 16.1. The smallest absolute Gasteiger partial charge is 0.270 e. The van der Waals surface area contributed by atoms with Crippen molar-refractivity contribution in [1.29, 1.82) is 0 Å². The van der Waals surface area contributed by atoms with Crippen molar-refractivity contribution in [1.82, 2.24) is 10.3 Å². The Labute approximate surface area is 137 Å². The first-order valence-electron chi connectivity index (χ1n) is 7.43. The van der Waals surface area contributed by atoms with E-state index in [2.05, 4.69) is 10.3 Å². The van der Waals surface area contributed by atoms with Gasteiger partial charge in [-0.1, -0.05) is 0 Å². The quantitative estimate of drug-likeness (QED) is 0.881. The van der Waals surface area contributed by atoms with Gasteiger partial charge in [-0.3, -0.25) is 4.79 Å². The summed E-state index contributed by atoms with van der Waals surface area (Å²) >= 11 is 1.36.